The predicted octanol–water partition coefficient (Wildman–Crippen LogP) is 9.78. The van der Waals surface area contributed by atoms with Crippen molar-refractivity contribution in [2.45, 2.75) is 219 Å². The van der Waals surface area contributed by atoms with Gasteiger partial charge in [0.1, 0.15) is 0 Å². The summed E-state index contributed by atoms with van der Waals surface area (Å²) in [5.74, 6) is 0.401. The van der Waals surface area contributed by atoms with E-state index < -0.39 is 0 Å². The highest BCUT2D eigenvalue weighted by molar-refractivity contribution is 5.78. The first kappa shape index (κ1) is 53.9. The second kappa shape index (κ2) is 44.0. The van der Waals surface area contributed by atoms with Gasteiger partial charge in [-0.05, 0) is 12.8 Å². The van der Waals surface area contributed by atoms with Gasteiger partial charge in [0.15, 0.2) is 11.9 Å². The molecule has 0 aromatic carbocycles. The number of amides is 1. The van der Waals surface area contributed by atoms with Gasteiger partial charge >= 0.3 is 0 Å². The van der Waals surface area contributed by atoms with Gasteiger partial charge in [0.25, 0.3) is 0 Å². The van der Waals surface area contributed by atoms with Crippen LogP contribution in [0.2, 0.25) is 0 Å². The van der Waals surface area contributed by atoms with E-state index in [-0.39, 0.29) is 17.8 Å². The van der Waals surface area contributed by atoms with Gasteiger partial charge in [0, 0.05) is 39.3 Å². The molecule has 0 aromatic heterocycles. The Morgan fingerprint density at radius 1 is 0.411 bits per heavy atom. The molecule has 0 atom stereocenters. The van der Waals surface area contributed by atoms with Crippen molar-refractivity contribution in [1.29, 1.82) is 0 Å². The molecule has 0 aliphatic carbocycles. The Morgan fingerprint density at radius 3 is 0.982 bits per heavy atom. The quantitative estimate of drug-likeness (QED) is 0.0233. The number of aliphatic imine (C=N–C) groups is 2. The van der Waals surface area contributed by atoms with E-state index in [9.17, 15) is 4.79 Å². The second-order valence-electron chi connectivity index (χ2n) is 16.6. The third kappa shape index (κ3) is 41.6. The minimum Gasteiger partial charge on any atom is -0.370 e. The molecule has 0 saturated heterocycles. The number of nitrogens with one attached hydrogen (secondary N) is 1. The fourth-order valence-corrected chi connectivity index (χ4v) is 7.58. The van der Waals surface area contributed by atoms with E-state index in [4.69, 9.17) is 22.9 Å². The molecule has 56 heavy (non-hydrogen) atoms. The number of nitrogens with zero attached hydrogens (tertiary/aromatic N) is 4. The molecule has 0 aliphatic heterocycles. The third-order valence-electron chi connectivity index (χ3n) is 11.2. The number of carbonyl (C=O) groups is 1. The summed E-state index contributed by atoms with van der Waals surface area (Å²) in [6, 6.07) is 0. The van der Waals surface area contributed by atoms with Gasteiger partial charge in [-0.3, -0.25) is 19.7 Å². The van der Waals surface area contributed by atoms with Crippen molar-refractivity contribution in [1.82, 2.24) is 15.1 Å². The van der Waals surface area contributed by atoms with Crippen molar-refractivity contribution in [3.63, 3.8) is 0 Å². The van der Waals surface area contributed by atoms with Gasteiger partial charge < -0.3 is 33.2 Å². The largest absolute Gasteiger partial charge is 0.370 e. The number of unbranched alkanes of at least 4 members (excludes halogenated alkanes) is 30. The molecule has 0 spiro atoms. The highest BCUT2D eigenvalue weighted by atomic mass is 16.2. The van der Waals surface area contributed by atoms with Gasteiger partial charge in [-0.25, -0.2) is 0 Å². The van der Waals surface area contributed by atoms with Crippen LogP contribution in [0.4, 0.5) is 0 Å². The molecule has 1 amide bonds. The molecule has 10 nitrogen and oxygen atoms in total. The SMILES string of the molecule is CCCCCCCCCCCCCCCCCCN(CCCCCCCCCCCCCCCCCC)C(=O)CNCCN(CCN=C(N)N)CCN=C(N)N. The fraction of sp³-hybridized carbons (Fsp3) is 0.935. The predicted molar refractivity (Wildman–Crippen MR) is 246 cm³/mol. The van der Waals surface area contributed by atoms with Crippen molar-refractivity contribution in [3.05, 3.63) is 0 Å². The molecular weight excluding hydrogens is 695 g/mol. The van der Waals surface area contributed by atoms with Gasteiger partial charge in [-0.2, -0.15) is 0 Å². The van der Waals surface area contributed by atoms with E-state index in [1.54, 1.807) is 0 Å². The molecule has 332 valence electrons. The summed E-state index contributed by atoms with van der Waals surface area (Å²) in [6.07, 6.45) is 43.6. The van der Waals surface area contributed by atoms with Crippen molar-refractivity contribution < 1.29 is 4.79 Å². The van der Waals surface area contributed by atoms with Crippen LogP contribution in [0.1, 0.15) is 219 Å². The maximum absolute atomic E-state index is 13.4. The van der Waals surface area contributed by atoms with Crippen LogP contribution in [0, 0.1) is 0 Å². The zero-order chi connectivity index (χ0) is 41.0. The van der Waals surface area contributed by atoms with Crippen molar-refractivity contribution in [3.8, 4) is 0 Å². The molecule has 0 aromatic rings. The molecule has 9 N–H and O–H groups in total. The Kier molecular flexibility index (Phi) is 42.4. The summed E-state index contributed by atoms with van der Waals surface area (Å²) in [4.78, 5) is 26.0. The number of hydrogen-bond donors (Lipinski definition) is 5. The van der Waals surface area contributed by atoms with Gasteiger partial charge in [0.05, 0.1) is 19.6 Å². The first-order valence-corrected chi connectivity index (χ1v) is 24.2. The van der Waals surface area contributed by atoms with Crippen LogP contribution in [-0.4, -0.2) is 86.5 Å². The van der Waals surface area contributed by atoms with Crippen LogP contribution in [0.3, 0.4) is 0 Å². The Morgan fingerprint density at radius 2 is 0.696 bits per heavy atom. The van der Waals surface area contributed by atoms with Crippen LogP contribution in [-0.2, 0) is 4.79 Å². The first-order valence-electron chi connectivity index (χ1n) is 24.2. The molecule has 0 rings (SSSR count). The lowest BCUT2D eigenvalue weighted by molar-refractivity contribution is -0.130. The van der Waals surface area contributed by atoms with Gasteiger partial charge in [-0.1, -0.05) is 206 Å². The summed E-state index contributed by atoms with van der Waals surface area (Å²) < 4.78 is 0. The molecule has 0 aliphatic rings. The number of hydrogen-bond acceptors (Lipinski definition) is 5. The highest BCUT2D eigenvalue weighted by Crippen LogP contribution is 2.16. The lowest BCUT2D eigenvalue weighted by Gasteiger charge is -2.24. The highest BCUT2D eigenvalue weighted by Gasteiger charge is 2.13. The smallest absolute Gasteiger partial charge is 0.236 e. The Balaban J connectivity index is 4.43. The number of carbonyl (C=O) groups excluding carboxylic acids is 1. The zero-order valence-electron chi connectivity index (χ0n) is 37.5. The summed E-state index contributed by atoms with van der Waals surface area (Å²) >= 11 is 0. The standard InChI is InChI=1S/C46H97N9O/c1-3-5-7-9-11-13-15-17-19-21-23-25-27-29-31-33-38-55(39-34-32-30-28-26-24-22-20-18-16-14-12-10-8-6-4-2)44(56)43-51-35-40-54(41-36-52-45(47)48)42-37-53-46(49)50/h51H,3-43H2,1-2H3,(H4,47,48,52)(H4,49,50,53). The van der Waals surface area contributed by atoms with Crippen molar-refractivity contribution in [2.75, 3.05) is 58.9 Å². The monoisotopic (exact) mass is 792 g/mol. The Hall–Kier alpha value is -2.07. The molecule has 0 heterocycles. The van der Waals surface area contributed by atoms with E-state index in [2.05, 4.69) is 38.9 Å². The van der Waals surface area contributed by atoms with E-state index >= 15 is 0 Å². The molecule has 0 fully saturated rings. The number of guanidine groups is 2. The second-order valence-corrected chi connectivity index (χ2v) is 16.6. The van der Waals surface area contributed by atoms with Gasteiger partial charge in [0.2, 0.25) is 5.91 Å². The number of nitrogens with two attached hydrogens (primary N) is 4. The van der Waals surface area contributed by atoms with Crippen LogP contribution in [0.15, 0.2) is 9.98 Å². The van der Waals surface area contributed by atoms with E-state index in [1.165, 1.54) is 193 Å². The fourth-order valence-electron chi connectivity index (χ4n) is 7.58. The van der Waals surface area contributed by atoms with E-state index in [0.717, 1.165) is 32.5 Å². The normalized spacial score (nSPS) is 11.3. The topological polar surface area (TPSA) is 164 Å². The molecule has 0 radical (unpaired) electrons. The maximum atomic E-state index is 13.4. The molecular formula is C46H97N9O. The summed E-state index contributed by atoms with van der Waals surface area (Å²) in [6.45, 7) is 10.6. The van der Waals surface area contributed by atoms with Crippen LogP contribution < -0.4 is 28.3 Å². The molecule has 0 saturated carbocycles. The first-order chi connectivity index (χ1) is 27.4. The summed E-state index contributed by atoms with van der Waals surface area (Å²) in [5, 5.41) is 3.40. The average molecular weight is 792 g/mol. The minimum atomic E-state index is 0.0895. The molecule has 10 heteroatoms. The molecule has 0 bridgehead atoms. The Bertz CT molecular complexity index is 819. The van der Waals surface area contributed by atoms with Gasteiger partial charge in [-0.15, -0.1) is 0 Å². The lowest BCUT2D eigenvalue weighted by atomic mass is 10.0. The van der Waals surface area contributed by atoms with Crippen molar-refractivity contribution in [2.24, 2.45) is 32.9 Å². The zero-order valence-corrected chi connectivity index (χ0v) is 37.5. The van der Waals surface area contributed by atoms with Crippen LogP contribution in [0.25, 0.3) is 0 Å². The lowest BCUT2D eigenvalue weighted by Crippen LogP contribution is -2.42. The maximum Gasteiger partial charge on any atom is 0.236 e. The van der Waals surface area contributed by atoms with E-state index in [1.807, 2.05) is 0 Å². The summed E-state index contributed by atoms with van der Waals surface area (Å²) in [5.41, 5.74) is 22.1. The summed E-state index contributed by atoms with van der Waals surface area (Å²) in [7, 11) is 0. The molecule has 0 unspecified atom stereocenters. The van der Waals surface area contributed by atoms with E-state index in [0.29, 0.717) is 39.3 Å². The number of rotatable bonds is 45. The minimum absolute atomic E-state index is 0.0895. The van der Waals surface area contributed by atoms with Crippen molar-refractivity contribution >= 4 is 17.8 Å². The van der Waals surface area contributed by atoms with Crippen LogP contribution >= 0.6 is 0 Å². The Labute approximate surface area is 348 Å². The van der Waals surface area contributed by atoms with Crippen LogP contribution in [0.5, 0.6) is 0 Å². The third-order valence-corrected chi connectivity index (χ3v) is 11.2. The average Bonchev–Trinajstić information content (AvgIpc) is 3.17.